The second-order valence-corrected chi connectivity index (χ2v) is 3.76. The van der Waals surface area contributed by atoms with E-state index in [0.717, 1.165) is 19.6 Å². The summed E-state index contributed by atoms with van der Waals surface area (Å²) >= 11 is 0. The van der Waals surface area contributed by atoms with Gasteiger partial charge >= 0.3 is 0 Å². The van der Waals surface area contributed by atoms with Crippen molar-refractivity contribution >= 4 is 5.91 Å². The van der Waals surface area contributed by atoms with Crippen LogP contribution in [-0.4, -0.2) is 48.9 Å². The number of nitrogens with zero attached hydrogens (tertiary/aromatic N) is 2. The molecule has 0 aromatic carbocycles. The molecule has 0 saturated heterocycles. The van der Waals surface area contributed by atoms with Crippen molar-refractivity contribution < 1.29 is 9.21 Å². The molecule has 0 spiro atoms. The van der Waals surface area contributed by atoms with Gasteiger partial charge in [-0.05, 0) is 32.6 Å². The van der Waals surface area contributed by atoms with Gasteiger partial charge in [-0.3, -0.25) is 4.79 Å². The fraction of sp³-hybridized carbons (Fsp3) is 0.583. The minimum absolute atomic E-state index is 0.0306. The summed E-state index contributed by atoms with van der Waals surface area (Å²) in [6, 6.07) is 3.44. The quantitative estimate of drug-likeness (QED) is 0.738. The molecule has 1 rings (SSSR count). The Morgan fingerprint density at radius 2 is 2.06 bits per heavy atom. The smallest absolute Gasteiger partial charge is 0.289 e. The van der Waals surface area contributed by atoms with Gasteiger partial charge in [0.15, 0.2) is 5.76 Å². The molecule has 0 aliphatic rings. The molecule has 0 atom stereocenters. The SMILES string of the molecule is CCN(C)CCN(CC)C(=O)c1ccco1. The third-order valence-electron chi connectivity index (χ3n) is 2.69. The molecule has 0 unspecified atom stereocenters. The van der Waals surface area contributed by atoms with Crippen LogP contribution in [0.15, 0.2) is 22.8 Å². The maximum absolute atomic E-state index is 12.0. The van der Waals surface area contributed by atoms with Crippen LogP contribution in [0.2, 0.25) is 0 Å². The number of hydrogen-bond acceptors (Lipinski definition) is 3. The van der Waals surface area contributed by atoms with Gasteiger partial charge in [0, 0.05) is 19.6 Å². The predicted octanol–water partition coefficient (Wildman–Crippen LogP) is 1.69. The Labute approximate surface area is 96.8 Å². The van der Waals surface area contributed by atoms with Crippen molar-refractivity contribution in [1.82, 2.24) is 9.80 Å². The molecule has 0 aliphatic carbocycles. The Balaban J connectivity index is 2.51. The van der Waals surface area contributed by atoms with E-state index in [9.17, 15) is 4.79 Å². The number of carbonyl (C=O) groups excluding carboxylic acids is 1. The van der Waals surface area contributed by atoms with E-state index in [0.29, 0.717) is 12.3 Å². The molecule has 1 aromatic heterocycles. The molecule has 16 heavy (non-hydrogen) atoms. The molecule has 0 saturated carbocycles. The van der Waals surface area contributed by atoms with Crippen LogP contribution in [0, 0.1) is 0 Å². The highest BCUT2D eigenvalue weighted by Gasteiger charge is 2.16. The van der Waals surface area contributed by atoms with Gasteiger partial charge in [-0.25, -0.2) is 0 Å². The Morgan fingerprint density at radius 1 is 1.31 bits per heavy atom. The fourth-order valence-electron chi connectivity index (χ4n) is 1.41. The van der Waals surface area contributed by atoms with Crippen LogP contribution >= 0.6 is 0 Å². The second-order valence-electron chi connectivity index (χ2n) is 3.76. The van der Waals surface area contributed by atoms with E-state index in [1.807, 2.05) is 14.0 Å². The van der Waals surface area contributed by atoms with Crippen molar-refractivity contribution in [2.75, 3.05) is 33.2 Å². The number of rotatable bonds is 6. The lowest BCUT2D eigenvalue weighted by Crippen LogP contribution is -2.37. The van der Waals surface area contributed by atoms with Crippen LogP contribution in [0.3, 0.4) is 0 Å². The van der Waals surface area contributed by atoms with Crippen molar-refractivity contribution in [2.45, 2.75) is 13.8 Å². The van der Waals surface area contributed by atoms with E-state index in [-0.39, 0.29) is 5.91 Å². The highest BCUT2D eigenvalue weighted by atomic mass is 16.3. The largest absolute Gasteiger partial charge is 0.459 e. The monoisotopic (exact) mass is 224 g/mol. The van der Waals surface area contributed by atoms with Gasteiger partial charge in [0.05, 0.1) is 6.26 Å². The van der Waals surface area contributed by atoms with E-state index in [4.69, 9.17) is 4.42 Å². The van der Waals surface area contributed by atoms with Gasteiger partial charge < -0.3 is 14.2 Å². The van der Waals surface area contributed by atoms with E-state index in [1.165, 1.54) is 6.26 Å². The molecular formula is C12H20N2O2. The molecule has 0 aliphatic heterocycles. The van der Waals surface area contributed by atoms with E-state index >= 15 is 0 Å². The lowest BCUT2D eigenvalue weighted by atomic mass is 10.3. The van der Waals surface area contributed by atoms with Gasteiger partial charge in [0.1, 0.15) is 0 Å². The summed E-state index contributed by atoms with van der Waals surface area (Å²) in [4.78, 5) is 15.9. The van der Waals surface area contributed by atoms with Crippen LogP contribution in [0.25, 0.3) is 0 Å². The van der Waals surface area contributed by atoms with E-state index < -0.39 is 0 Å². The van der Waals surface area contributed by atoms with Crippen molar-refractivity contribution in [1.29, 1.82) is 0 Å². The minimum atomic E-state index is -0.0306. The average Bonchev–Trinajstić information content (AvgIpc) is 2.82. The number of amides is 1. The summed E-state index contributed by atoms with van der Waals surface area (Å²) in [6.07, 6.45) is 1.53. The molecular weight excluding hydrogens is 204 g/mol. The number of furan rings is 1. The molecule has 1 amide bonds. The fourth-order valence-corrected chi connectivity index (χ4v) is 1.41. The Hall–Kier alpha value is -1.29. The number of likely N-dealkylation sites (N-methyl/N-ethyl adjacent to an activating group) is 2. The maximum atomic E-state index is 12.0. The lowest BCUT2D eigenvalue weighted by Gasteiger charge is -2.22. The molecule has 90 valence electrons. The molecule has 1 heterocycles. The summed E-state index contributed by atoms with van der Waals surface area (Å²) in [7, 11) is 2.05. The minimum Gasteiger partial charge on any atom is -0.459 e. The molecule has 0 radical (unpaired) electrons. The zero-order chi connectivity index (χ0) is 12.0. The molecule has 0 fully saturated rings. The summed E-state index contributed by atoms with van der Waals surface area (Å²) in [5.41, 5.74) is 0. The molecule has 4 nitrogen and oxygen atoms in total. The van der Waals surface area contributed by atoms with Gasteiger partial charge in [0.25, 0.3) is 5.91 Å². The third kappa shape index (κ3) is 3.38. The zero-order valence-electron chi connectivity index (χ0n) is 10.3. The lowest BCUT2D eigenvalue weighted by molar-refractivity contribution is 0.0719. The maximum Gasteiger partial charge on any atom is 0.289 e. The molecule has 1 aromatic rings. The Bertz CT molecular complexity index is 309. The average molecular weight is 224 g/mol. The number of carbonyl (C=O) groups is 1. The summed E-state index contributed by atoms with van der Waals surface area (Å²) in [5, 5.41) is 0. The Kier molecular flexibility index (Phi) is 5.05. The van der Waals surface area contributed by atoms with Crippen LogP contribution in [-0.2, 0) is 0 Å². The van der Waals surface area contributed by atoms with Gasteiger partial charge in [-0.2, -0.15) is 0 Å². The zero-order valence-corrected chi connectivity index (χ0v) is 10.3. The molecule has 0 bridgehead atoms. The highest BCUT2D eigenvalue weighted by molar-refractivity contribution is 5.91. The molecule has 0 N–H and O–H groups in total. The highest BCUT2D eigenvalue weighted by Crippen LogP contribution is 2.05. The number of hydrogen-bond donors (Lipinski definition) is 0. The first-order chi connectivity index (χ1) is 7.69. The summed E-state index contributed by atoms with van der Waals surface area (Å²) in [6.45, 7) is 7.40. The van der Waals surface area contributed by atoms with E-state index in [2.05, 4.69) is 11.8 Å². The first kappa shape index (κ1) is 12.8. The van der Waals surface area contributed by atoms with Crippen molar-refractivity contribution in [3.63, 3.8) is 0 Å². The van der Waals surface area contributed by atoms with Crippen LogP contribution in [0.1, 0.15) is 24.4 Å². The van der Waals surface area contributed by atoms with Crippen molar-refractivity contribution in [2.24, 2.45) is 0 Å². The first-order valence-corrected chi connectivity index (χ1v) is 5.70. The summed E-state index contributed by atoms with van der Waals surface area (Å²) in [5.74, 6) is 0.387. The second kappa shape index (κ2) is 6.33. The van der Waals surface area contributed by atoms with E-state index in [1.54, 1.807) is 17.0 Å². The van der Waals surface area contributed by atoms with Crippen molar-refractivity contribution in [3.05, 3.63) is 24.2 Å². The Morgan fingerprint density at radius 3 is 2.56 bits per heavy atom. The molecule has 4 heteroatoms. The third-order valence-corrected chi connectivity index (χ3v) is 2.69. The van der Waals surface area contributed by atoms with Crippen LogP contribution < -0.4 is 0 Å². The summed E-state index contributed by atoms with van der Waals surface area (Å²) < 4.78 is 5.11. The normalized spacial score (nSPS) is 10.8. The van der Waals surface area contributed by atoms with Crippen LogP contribution in [0.5, 0.6) is 0 Å². The first-order valence-electron chi connectivity index (χ1n) is 5.70. The van der Waals surface area contributed by atoms with Gasteiger partial charge in [-0.15, -0.1) is 0 Å². The standard InChI is InChI=1S/C12H20N2O2/c1-4-13(3)8-9-14(5-2)12(15)11-7-6-10-16-11/h6-7,10H,4-5,8-9H2,1-3H3. The van der Waals surface area contributed by atoms with Gasteiger partial charge in [-0.1, -0.05) is 6.92 Å². The van der Waals surface area contributed by atoms with Crippen molar-refractivity contribution in [3.8, 4) is 0 Å². The topological polar surface area (TPSA) is 36.7 Å². The van der Waals surface area contributed by atoms with Crippen LogP contribution in [0.4, 0.5) is 0 Å². The predicted molar refractivity (Wildman–Crippen MR) is 63.5 cm³/mol. The van der Waals surface area contributed by atoms with Gasteiger partial charge in [0.2, 0.25) is 0 Å².